The highest BCUT2D eigenvalue weighted by Crippen LogP contribution is 2.18. The largest absolute Gasteiger partial charge is 0.488 e. The van der Waals surface area contributed by atoms with Crippen molar-refractivity contribution in [2.45, 2.75) is 57.7 Å². The fourth-order valence-electron chi connectivity index (χ4n) is 2.80. The molecule has 1 aromatic rings. The van der Waals surface area contributed by atoms with Crippen molar-refractivity contribution < 1.29 is 18.6 Å². The zero-order valence-electron chi connectivity index (χ0n) is 14.5. The first-order valence-electron chi connectivity index (χ1n) is 8.79. The summed E-state index contributed by atoms with van der Waals surface area (Å²) in [6.45, 7) is 2.57. The lowest BCUT2D eigenvalue weighted by molar-refractivity contribution is 0.0818. The molecule has 0 radical (unpaired) electrons. The molecule has 2 rings (SSSR count). The SMILES string of the molecule is CCNC(=NCc1cccc(OCC(F)F)c1)NC1CCC(O)CC1. The lowest BCUT2D eigenvalue weighted by Gasteiger charge is -2.27. The summed E-state index contributed by atoms with van der Waals surface area (Å²) in [4.78, 5) is 4.56. The van der Waals surface area contributed by atoms with Crippen molar-refractivity contribution in [2.75, 3.05) is 13.2 Å². The number of aliphatic imine (C=N–C) groups is 1. The second kappa shape index (κ2) is 10.2. The van der Waals surface area contributed by atoms with E-state index in [1.54, 1.807) is 18.2 Å². The number of aliphatic hydroxyl groups is 1. The molecule has 0 heterocycles. The molecule has 140 valence electrons. The van der Waals surface area contributed by atoms with Crippen LogP contribution in [0.3, 0.4) is 0 Å². The highest BCUT2D eigenvalue weighted by atomic mass is 19.3. The van der Waals surface area contributed by atoms with Crippen LogP contribution < -0.4 is 15.4 Å². The minimum absolute atomic E-state index is 0.187. The van der Waals surface area contributed by atoms with E-state index in [1.165, 1.54) is 0 Å². The highest BCUT2D eigenvalue weighted by molar-refractivity contribution is 5.80. The number of benzene rings is 1. The summed E-state index contributed by atoms with van der Waals surface area (Å²) in [5.74, 6) is 1.15. The average molecular weight is 355 g/mol. The van der Waals surface area contributed by atoms with Crippen molar-refractivity contribution >= 4 is 5.96 Å². The Kier molecular flexibility index (Phi) is 7.91. The van der Waals surface area contributed by atoms with Gasteiger partial charge in [-0.2, -0.15) is 0 Å². The van der Waals surface area contributed by atoms with Crippen molar-refractivity contribution in [2.24, 2.45) is 4.99 Å². The third-order valence-corrected chi connectivity index (χ3v) is 4.08. The molecular formula is C18H27F2N3O2. The molecule has 1 fully saturated rings. The Morgan fingerprint density at radius 2 is 2.08 bits per heavy atom. The van der Waals surface area contributed by atoms with E-state index in [4.69, 9.17) is 4.74 Å². The van der Waals surface area contributed by atoms with E-state index in [9.17, 15) is 13.9 Å². The number of nitrogens with one attached hydrogen (secondary N) is 2. The van der Waals surface area contributed by atoms with Crippen molar-refractivity contribution in [1.29, 1.82) is 0 Å². The lowest BCUT2D eigenvalue weighted by atomic mass is 9.93. The van der Waals surface area contributed by atoms with Gasteiger partial charge < -0.3 is 20.5 Å². The van der Waals surface area contributed by atoms with E-state index >= 15 is 0 Å². The van der Waals surface area contributed by atoms with Crippen LogP contribution >= 0.6 is 0 Å². The molecule has 1 aliphatic rings. The maximum absolute atomic E-state index is 12.2. The number of rotatable bonds is 7. The van der Waals surface area contributed by atoms with Gasteiger partial charge in [-0.25, -0.2) is 13.8 Å². The molecule has 0 aromatic heterocycles. The standard InChI is InChI=1S/C18H27F2N3O2/c1-2-21-18(23-14-6-8-15(24)9-7-14)22-11-13-4-3-5-16(10-13)25-12-17(19)20/h3-5,10,14-15,17,24H,2,6-9,11-12H2,1H3,(H2,21,22,23). The van der Waals surface area contributed by atoms with Gasteiger partial charge in [0.2, 0.25) is 0 Å². The number of hydrogen-bond donors (Lipinski definition) is 3. The van der Waals surface area contributed by atoms with Crippen LogP contribution in [0.1, 0.15) is 38.2 Å². The fraction of sp³-hybridized carbons (Fsp3) is 0.611. The van der Waals surface area contributed by atoms with Gasteiger partial charge in [0, 0.05) is 12.6 Å². The normalized spacial score (nSPS) is 21.2. The molecule has 0 aliphatic heterocycles. The molecule has 5 nitrogen and oxygen atoms in total. The van der Waals surface area contributed by atoms with Crippen LogP contribution in [-0.2, 0) is 6.54 Å². The number of aliphatic hydroxyl groups excluding tert-OH is 1. The molecule has 0 saturated heterocycles. The maximum atomic E-state index is 12.2. The molecule has 0 atom stereocenters. The van der Waals surface area contributed by atoms with E-state index in [2.05, 4.69) is 15.6 Å². The second-order valence-corrected chi connectivity index (χ2v) is 6.19. The first kappa shape index (κ1) is 19.4. The number of nitrogens with zero attached hydrogens (tertiary/aromatic N) is 1. The Bertz CT molecular complexity index is 547. The Balaban J connectivity index is 1.92. The fourth-order valence-corrected chi connectivity index (χ4v) is 2.80. The Morgan fingerprint density at radius 3 is 2.76 bits per heavy atom. The van der Waals surface area contributed by atoms with Crippen LogP contribution in [0.25, 0.3) is 0 Å². The first-order valence-corrected chi connectivity index (χ1v) is 8.79. The van der Waals surface area contributed by atoms with E-state index < -0.39 is 13.0 Å². The van der Waals surface area contributed by atoms with Crippen LogP contribution in [0.15, 0.2) is 29.3 Å². The third-order valence-electron chi connectivity index (χ3n) is 4.08. The number of guanidine groups is 1. The molecule has 25 heavy (non-hydrogen) atoms. The predicted octanol–water partition coefficient (Wildman–Crippen LogP) is 2.69. The molecule has 1 aliphatic carbocycles. The van der Waals surface area contributed by atoms with E-state index in [-0.39, 0.29) is 6.10 Å². The van der Waals surface area contributed by atoms with Gasteiger partial charge in [0.15, 0.2) is 5.96 Å². The number of halogens is 2. The number of alkyl halides is 2. The van der Waals surface area contributed by atoms with Gasteiger partial charge in [0.1, 0.15) is 12.4 Å². The monoisotopic (exact) mass is 355 g/mol. The van der Waals surface area contributed by atoms with Crippen molar-refractivity contribution in [3.8, 4) is 5.75 Å². The van der Waals surface area contributed by atoms with Crippen LogP contribution in [0.5, 0.6) is 5.75 Å². The predicted molar refractivity (Wildman–Crippen MR) is 94.2 cm³/mol. The van der Waals surface area contributed by atoms with Crippen LogP contribution in [0.2, 0.25) is 0 Å². The molecular weight excluding hydrogens is 328 g/mol. The second-order valence-electron chi connectivity index (χ2n) is 6.19. The number of ether oxygens (including phenoxy) is 1. The highest BCUT2D eigenvalue weighted by Gasteiger charge is 2.19. The zero-order valence-corrected chi connectivity index (χ0v) is 14.5. The minimum Gasteiger partial charge on any atom is -0.488 e. The molecule has 0 unspecified atom stereocenters. The minimum atomic E-state index is -2.49. The Morgan fingerprint density at radius 1 is 1.32 bits per heavy atom. The zero-order chi connectivity index (χ0) is 18.1. The van der Waals surface area contributed by atoms with Crippen molar-refractivity contribution in [1.82, 2.24) is 10.6 Å². The van der Waals surface area contributed by atoms with Gasteiger partial charge in [-0.05, 0) is 50.3 Å². The Labute approximate surface area is 147 Å². The van der Waals surface area contributed by atoms with Crippen LogP contribution in [0, 0.1) is 0 Å². The van der Waals surface area contributed by atoms with Gasteiger partial charge in [0.05, 0.1) is 12.6 Å². The van der Waals surface area contributed by atoms with Crippen molar-refractivity contribution in [3.05, 3.63) is 29.8 Å². The topological polar surface area (TPSA) is 65.9 Å². The first-order chi connectivity index (χ1) is 12.1. The summed E-state index contributed by atoms with van der Waals surface area (Å²) in [5.41, 5.74) is 0.892. The van der Waals surface area contributed by atoms with Gasteiger partial charge in [-0.15, -0.1) is 0 Å². The summed E-state index contributed by atoms with van der Waals surface area (Å²) in [5, 5.41) is 16.2. The summed E-state index contributed by atoms with van der Waals surface area (Å²) < 4.78 is 29.5. The number of hydrogen-bond acceptors (Lipinski definition) is 3. The van der Waals surface area contributed by atoms with Gasteiger partial charge in [-0.3, -0.25) is 0 Å². The summed E-state index contributed by atoms with van der Waals surface area (Å²) >= 11 is 0. The molecule has 1 saturated carbocycles. The van der Waals surface area contributed by atoms with E-state index in [0.717, 1.165) is 43.8 Å². The molecule has 0 bridgehead atoms. The average Bonchev–Trinajstić information content (AvgIpc) is 2.60. The van der Waals surface area contributed by atoms with E-state index in [1.807, 2.05) is 13.0 Å². The van der Waals surface area contributed by atoms with Gasteiger partial charge in [-0.1, -0.05) is 12.1 Å². The van der Waals surface area contributed by atoms with Crippen molar-refractivity contribution in [3.63, 3.8) is 0 Å². The smallest absolute Gasteiger partial charge is 0.272 e. The summed E-state index contributed by atoms with van der Waals surface area (Å²) in [6, 6.07) is 7.36. The summed E-state index contributed by atoms with van der Waals surface area (Å²) in [6.07, 6.45) is 0.778. The molecule has 0 amide bonds. The van der Waals surface area contributed by atoms with Gasteiger partial charge in [0.25, 0.3) is 6.43 Å². The van der Waals surface area contributed by atoms with Gasteiger partial charge >= 0.3 is 0 Å². The molecule has 0 spiro atoms. The lowest BCUT2D eigenvalue weighted by Crippen LogP contribution is -2.45. The maximum Gasteiger partial charge on any atom is 0.272 e. The van der Waals surface area contributed by atoms with Crippen LogP contribution in [-0.4, -0.2) is 42.8 Å². The third kappa shape index (κ3) is 7.25. The molecule has 1 aromatic carbocycles. The molecule has 3 N–H and O–H groups in total. The Hall–Kier alpha value is -1.89. The van der Waals surface area contributed by atoms with Crippen LogP contribution in [0.4, 0.5) is 8.78 Å². The van der Waals surface area contributed by atoms with E-state index in [0.29, 0.717) is 18.3 Å². The molecule has 7 heteroatoms. The summed E-state index contributed by atoms with van der Waals surface area (Å²) in [7, 11) is 0. The quantitative estimate of drug-likeness (QED) is 0.520.